The largest absolute Gasteiger partial charge is 0.340 e. The highest BCUT2D eigenvalue weighted by atomic mass is 16.2. The number of amides is 2. The van der Waals surface area contributed by atoms with Gasteiger partial charge in [0.15, 0.2) is 0 Å². The number of carbonyl (C=O) groups is 2. The summed E-state index contributed by atoms with van der Waals surface area (Å²) in [7, 11) is 1.84. The van der Waals surface area contributed by atoms with E-state index >= 15 is 0 Å². The van der Waals surface area contributed by atoms with Crippen molar-refractivity contribution in [3.05, 3.63) is 66.0 Å². The van der Waals surface area contributed by atoms with Crippen LogP contribution in [-0.4, -0.2) is 50.8 Å². The van der Waals surface area contributed by atoms with E-state index in [0.717, 1.165) is 35.3 Å². The Hall–Kier alpha value is -3.15. The van der Waals surface area contributed by atoms with Gasteiger partial charge in [-0.3, -0.25) is 9.59 Å². The molecule has 1 aromatic heterocycles. The third-order valence-electron chi connectivity index (χ3n) is 6.18. The van der Waals surface area contributed by atoms with Crippen molar-refractivity contribution in [1.82, 2.24) is 19.4 Å². The van der Waals surface area contributed by atoms with Gasteiger partial charge in [-0.1, -0.05) is 42.5 Å². The summed E-state index contributed by atoms with van der Waals surface area (Å²) >= 11 is 0. The Bertz CT molecular complexity index is 1090. The molecule has 0 radical (unpaired) electrons. The van der Waals surface area contributed by atoms with Crippen molar-refractivity contribution in [2.45, 2.75) is 44.3 Å². The molecule has 154 valence electrons. The molecule has 5 rings (SSSR count). The summed E-state index contributed by atoms with van der Waals surface area (Å²) in [5.41, 5.74) is 2.93. The first kappa shape index (κ1) is 18.9. The molecule has 2 aromatic carbocycles. The molecule has 0 spiro atoms. The number of hydrogen-bond donors (Lipinski definition) is 0. The molecule has 0 bridgehead atoms. The number of fused-ring (bicyclic) bond motifs is 1. The number of hydrogen-bond acceptors (Lipinski definition) is 3. The minimum Gasteiger partial charge on any atom is -0.340 e. The molecule has 1 unspecified atom stereocenters. The molecule has 0 N–H and O–H groups in total. The van der Waals surface area contributed by atoms with Crippen molar-refractivity contribution in [3.63, 3.8) is 0 Å². The number of likely N-dealkylation sites (tertiary alicyclic amines) is 1. The average molecular weight is 402 g/mol. The summed E-state index contributed by atoms with van der Waals surface area (Å²) in [5.74, 6) is 1.15. The monoisotopic (exact) mass is 402 g/mol. The molecule has 2 fully saturated rings. The van der Waals surface area contributed by atoms with Gasteiger partial charge >= 0.3 is 0 Å². The number of likely N-dealkylation sites (N-methyl/N-ethyl adjacent to an activating group) is 1. The minimum absolute atomic E-state index is 0.0339. The maximum atomic E-state index is 13.1. The van der Waals surface area contributed by atoms with Crippen molar-refractivity contribution in [2.75, 3.05) is 13.6 Å². The topological polar surface area (TPSA) is 58.4 Å². The molecule has 3 aromatic rings. The molecule has 1 atom stereocenters. The molecular formula is C24H26N4O2. The second-order valence-electron chi connectivity index (χ2n) is 8.46. The second-order valence-corrected chi connectivity index (χ2v) is 8.46. The van der Waals surface area contributed by atoms with Crippen LogP contribution < -0.4 is 0 Å². The Morgan fingerprint density at radius 2 is 1.83 bits per heavy atom. The molecule has 2 amide bonds. The van der Waals surface area contributed by atoms with E-state index in [4.69, 9.17) is 4.98 Å². The zero-order valence-electron chi connectivity index (χ0n) is 17.2. The molecule has 2 aliphatic rings. The number of carbonyl (C=O) groups excluding carboxylic acids is 2. The maximum absolute atomic E-state index is 13.1. The third kappa shape index (κ3) is 3.58. The van der Waals surface area contributed by atoms with E-state index in [2.05, 4.69) is 0 Å². The summed E-state index contributed by atoms with van der Waals surface area (Å²) in [6.07, 6.45) is 2.70. The van der Waals surface area contributed by atoms with Crippen LogP contribution in [0.1, 0.15) is 36.6 Å². The Balaban J connectivity index is 1.41. The van der Waals surface area contributed by atoms with E-state index in [0.29, 0.717) is 25.6 Å². The van der Waals surface area contributed by atoms with Gasteiger partial charge in [0.2, 0.25) is 11.8 Å². The number of aromatic nitrogens is 2. The highest BCUT2D eigenvalue weighted by Gasteiger charge is 2.41. The number of imidazole rings is 1. The summed E-state index contributed by atoms with van der Waals surface area (Å²) < 4.78 is 2.02. The van der Waals surface area contributed by atoms with E-state index in [1.54, 1.807) is 4.90 Å². The Morgan fingerprint density at radius 3 is 2.60 bits per heavy atom. The second kappa shape index (κ2) is 7.59. The summed E-state index contributed by atoms with van der Waals surface area (Å²) in [6, 6.07) is 18.3. The number of nitrogens with zero attached hydrogens (tertiary/aromatic N) is 4. The minimum atomic E-state index is 0.0339. The molecule has 1 saturated carbocycles. The van der Waals surface area contributed by atoms with Crippen molar-refractivity contribution < 1.29 is 9.59 Å². The highest BCUT2D eigenvalue weighted by Crippen LogP contribution is 2.37. The lowest BCUT2D eigenvalue weighted by molar-refractivity contribution is -0.131. The fraction of sp³-hybridized carbons (Fsp3) is 0.375. The standard InChI is InChI=1S/C24H26N4O2/c1-26(14-17-7-3-2-4-8-17)23(30)16-28-21-10-6-5-9-20(21)25-24(28)18-13-22(29)27(15-18)19-11-12-19/h2-10,18-19H,11-16H2,1H3. The molecule has 30 heavy (non-hydrogen) atoms. The van der Waals surface area contributed by atoms with Gasteiger partial charge in [-0.05, 0) is 30.5 Å². The smallest absolute Gasteiger partial charge is 0.242 e. The van der Waals surface area contributed by atoms with Crippen LogP contribution in [0.25, 0.3) is 11.0 Å². The fourth-order valence-electron chi connectivity index (χ4n) is 4.42. The van der Waals surface area contributed by atoms with Crippen molar-refractivity contribution in [2.24, 2.45) is 0 Å². The van der Waals surface area contributed by atoms with Gasteiger partial charge in [0.05, 0.1) is 11.0 Å². The number of para-hydroxylation sites is 2. The van der Waals surface area contributed by atoms with Gasteiger partial charge in [0, 0.05) is 38.5 Å². The van der Waals surface area contributed by atoms with Crippen molar-refractivity contribution >= 4 is 22.8 Å². The molecule has 6 nitrogen and oxygen atoms in total. The van der Waals surface area contributed by atoms with Crippen molar-refractivity contribution in [3.8, 4) is 0 Å². The SMILES string of the molecule is CN(Cc1ccccc1)C(=O)Cn1c(C2CC(=O)N(C3CC3)C2)nc2ccccc21. The van der Waals surface area contributed by atoms with Crippen LogP contribution in [0.15, 0.2) is 54.6 Å². The lowest BCUT2D eigenvalue weighted by atomic mass is 10.1. The molecular weight excluding hydrogens is 376 g/mol. The van der Waals surface area contributed by atoms with Gasteiger partial charge < -0.3 is 14.4 Å². The van der Waals surface area contributed by atoms with Gasteiger partial charge in [-0.25, -0.2) is 4.98 Å². The molecule has 1 aliphatic heterocycles. The van der Waals surface area contributed by atoms with E-state index in [1.807, 2.05) is 71.1 Å². The van der Waals surface area contributed by atoms with Crippen LogP contribution >= 0.6 is 0 Å². The van der Waals surface area contributed by atoms with Crippen LogP contribution in [-0.2, 0) is 22.7 Å². The molecule has 1 saturated heterocycles. The van der Waals surface area contributed by atoms with Gasteiger partial charge in [-0.15, -0.1) is 0 Å². The van der Waals surface area contributed by atoms with E-state index < -0.39 is 0 Å². The quantitative estimate of drug-likeness (QED) is 0.636. The van der Waals surface area contributed by atoms with Crippen LogP contribution in [0, 0.1) is 0 Å². The van der Waals surface area contributed by atoms with Crippen LogP contribution in [0.2, 0.25) is 0 Å². The zero-order valence-corrected chi connectivity index (χ0v) is 17.2. The predicted molar refractivity (Wildman–Crippen MR) is 115 cm³/mol. The summed E-state index contributed by atoms with van der Waals surface area (Å²) in [6.45, 7) is 1.51. The first-order valence-corrected chi connectivity index (χ1v) is 10.6. The maximum Gasteiger partial charge on any atom is 0.242 e. The normalized spacial score (nSPS) is 18.9. The fourth-order valence-corrected chi connectivity index (χ4v) is 4.42. The van der Waals surface area contributed by atoms with Gasteiger partial charge in [0.25, 0.3) is 0 Å². The third-order valence-corrected chi connectivity index (χ3v) is 6.18. The Labute approximate surface area is 176 Å². The van der Waals surface area contributed by atoms with E-state index in [1.165, 1.54) is 0 Å². The van der Waals surface area contributed by atoms with Crippen molar-refractivity contribution in [1.29, 1.82) is 0 Å². The molecule has 6 heteroatoms. The van der Waals surface area contributed by atoms with E-state index in [9.17, 15) is 9.59 Å². The first-order valence-electron chi connectivity index (χ1n) is 10.6. The van der Waals surface area contributed by atoms with Crippen LogP contribution in [0.5, 0.6) is 0 Å². The Kier molecular flexibility index (Phi) is 4.77. The number of benzene rings is 2. The Morgan fingerprint density at radius 1 is 1.10 bits per heavy atom. The molecule has 2 heterocycles. The zero-order chi connectivity index (χ0) is 20.7. The lowest BCUT2D eigenvalue weighted by Crippen LogP contribution is -2.31. The molecule has 1 aliphatic carbocycles. The van der Waals surface area contributed by atoms with Crippen LogP contribution in [0.3, 0.4) is 0 Å². The average Bonchev–Trinajstić information content (AvgIpc) is 3.43. The first-order chi connectivity index (χ1) is 14.6. The van der Waals surface area contributed by atoms with Gasteiger partial charge in [0.1, 0.15) is 12.4 Å². The van der Waals surface area contributed by atoms with Crippen LogP contribution in [0.4, 0.5) is 0 Å². The summed E-state index contributed by atoms with van der Waals surface area (Å²) in [5, 5.41) is 0. The van der Waals surface area contributed by atoms with Gasteiger partial charge in [-0.2, -0.15) is 0 Å². The van der Waals surface area contributed by atoms with E-state index in [-0.39, 0.29) is 24.3 Å². The number of rotatable bonds is 6. The lowest BCUT2D eigenvalue weighted by Gasteiger charge is -2.20. The summed E-state index contributed by atoms with van der Waals surface area (Å²) in [4.78, 5) is 34.2. The predicted octanol–water partition coefficient (Wildman–Crippen LogP) is 3.17. The highest BCUT2D eigenvalue weighted by molar-refractivity contribution is 5.83.